The molecule has 0 aliphatic carbocycles. The molecule has 0 saturated carbocycles. The van der Waals surface area contributed by atoms with Gasteiger partial charge >= 0.3 is 0 Å². The summed E-state index contributed by atoms with van der Waals surface area (Å²) in [6, 6.07) is 0. The van der Waals surface area contributed by atoms with E-state index in [4.69, 9.17) is 0 Å². The number of allylic oxidation sites excluding steroid dienone is 5. The van der Waals surface area contributed by atoms with Gasteiger partial charge in [-0.2, -0.15) is 0 Å². The van der Waals surface area contributed by atoms with E-state index in [2.05, 4.69) is 30.5 Å². The van der Waals surface area contributed by atoms with Crippen molar-refractivity contribution in [1.29, 1.82) is 0 Å². The predicted octanol–water partition coefficient (Wildman–Crippen LogP) is 3.76. The maximum Gasteiger partial charge on any atom is 0.243 e. The molecule has 0 rings (SSSR count). The van der Waals surface area contributed by atoms with Gasteiger partial charge in [0.15, 0.2) is 0 Å². The van der Waals surface area contributed by atoms with Gasteiger partial charge in [0, 0.05) is 12.6 Å². The molecule has 0 radical (unpaired) electrons. The maximum atomic E-state index is 11.2. The van der Waals surface area contributed by atoms with Crippen molar-refractivity contribution in [2.45, 2.75) is 46.0 Å². The molecule has 0 bridgehead atoms. The van der Waals surface area contributed by atoms with Crippen molar-refractivity contribution in [3.05, 3.63) is 36.5 Å². The molecule has 0 aromatic rings. The Labute approximate surface area is 105 Å². The second kappa shape index (κ2) is 12.8. The number of nitrogens with one attached hydrogen (secondary N) is 1. The lowest BCUT2D eigenvalue weighted by Gasteiger charge is -1.95. The van der Waals surface area contributed by atoms with Gasteiger partial charge in [-0.15, -0.1) is 0 Å². The van der Waals surface area contributed by atoms with Gasteiger partial charge in [-0.1, -0.05) is 50.6 Å². The second-order valence-corrected chi connectivity index (χ2v) is 3.92. The minimum Gasteiger partial charge on any atom is -0.353 e. The third kappa shape index (κ3) is 12.6. The van der Waals surface area contributed by atoms with Crippen LogP contribution in [0.3, 0.4) is 0 Å². The highest BCUT2D eigenvalue weighted by Gasteiger charge is 1.89. The van der Waals surface area contributed by atoms with E-state index in [1.807, 2.05) is 13.0 Å². The Balaban J connectivity index is 3.52. The zero-order valence-corrected chi connectivity index (χ0v) is 11.1. The molecule has 0 saturated heterocycles. The molecule has 17 heavy (non-hydrogen) atoms. The first-order valence-electron chi connectivity index (χ1n) is 6.57. The van der Waals surface area contributed by atoms with Crippen molar-refractivity contribution in [2.75, 3.05) is 6.54 Å². The van der Waals surface area contributed by atoms with E-state index in [9.17, 15) is 4.79 Å². The quantitative estimate of drug-likeness (QED) is 0.280. The topological polar surface area (TPSA) is 29.1 Å². The lowest BCUT2D eigenvalue weighted by Crippen LogP contribution is -2.21. The van der Waals surface area contributed by atoms with Crippen LogP contribution in [0.4, 0.5) is 0 Å². The molecule has 2 heteroatoms. The Morgan fingerprint density at radius 1 is 0.941 bits per heavy atom. The standard InChI is InChI=1S/C15H25NO/c1-3-5-6-7-8-9-10-11-12-13-15(17)16-14-4-2/h6-7,10-13H,3-5,8-9,14H2,1-2H3,(H,16,17). The first kappa shape index (κ1) is 15.7. The molecule has 2 nitrogen and oxygen atoms in total. The summed E-state index contributed by atoms with van der Waals surface area (Å²) < 4.78 is 0. The third-order valence-electron chi connectivity index (χ3n) is 2.17. The Hall–Kier alpha value is -1.31. The lowest BCUT2D eigenvalue weighted by molar-refractivity contribution is -0.116. The van der Waals surface area contributed by atoms with Gasteiger partial charge in [0.25, 0.3) is 0 Å². The maximum absolute atomic E-state index is 11.2. The Morgan fingerprint density at radius 2 is 1.65 bits per heavy atom. The molecule has 0 aromatic heterocycles. The van der Waals surface area contributed by atoms with Crippen molar-refractivity contribution in [2.24, 2.45) is 0 Å². The first-order valence-corrected chi connectivity index (χ1v) is 6.57. The van der Waals surface area contributed by atoms with Crippen molar-refractivity contribution in [1.82, 2.24) is 5.32 Å². The molecule has 0 unspecified atom stereocenters. The highest BCUT2D eigenvalue weighted by molar-refractivity contribution is 5.87. The fraction of sp³-hybridized carbons (Fsp3) is 0.533. The third-order valence-corrected chi connectivity index (χ3v) is 2.17. The van der Waals surface area contributed by atoms with Gasteiger partial charge in [0.05, 0.1) is 0 Å². The second-order valence-electron chi connectivity index (χ2n) is 3.92. The molecular formula is C15H25NO. The molecule has 0 aliphatic heterocycles. The van der Waals surface area contributed by atoms with Crippen LogP contribution in [-0.2, 0) is 4.79 Å². The SMILES string of the molecule is CCCC=CCCC=CC=CC(=O)NCCC. The van der Waals surface area contributed by atoms with Crippen molar-refractivity contribution < 1.29 is 4.79 Å². The van der Waals surface area contributed by atoms with Gasteiger partial charge in [-0.05, 0) is 25.7 Å². The number of carbonyl (C=O) groups is 1. The molecule has 0 spiro atoms. The smallest absolute Gasteiger partial charge is 0.243 e. The number of carbonyl (C=O) groups excluding carboxylic acids is 1. The van der Waals surface area contributed by atoms with Crippen LogP contribution in [0.15, 0.2) is 36.5 Å². The molecule has 0 fully saturated rings. The molecule has 0 aromatic carbocycles. The zero-order chi connectivity index (χ0) is 12.8. The summed E-state index contributed by atoms with van der Waals surface area (Å²) in [4.78, 5) is 11.2. The van der Waals surface area contributed by atoms with Crippen LogP contribution in [0, 0.1) is 0 Å². The monoisotopic (exact) mass is 235 g/mol. The number of hydrogen-bond acceptors (Lipinski definition) is 1. The van der Waals surface area contributed by atoms with E-state index in [1.54, 1.807) is 12.2 Å². The number of rotatable bonds is 9. The van der Waals surface area contributed by atoms with Crippen molar-refractivity contribution in [3.8, 4) is 0 Å². The normalized spacial score (nSPS) is 11.9. The first-order chi connectivity index (χ1) is 8.31. The summed E-state index contributed by atoms with van der Waals surface area (Å²) in [5.74, 6) is -0.0145. The van der Waals surface area contributed by atoms with Gasteiger partial charge in [0.2, 0.25) is 5.91 Å². The molecule has 0 aliphatic rings. The average Bonchev–Trinajstić information content (AvgIpc) is 2.34. The molecule has 1 N–H and O–H groups in total. The predicted molar refractivity (Wildman–Crippen MR) is 74.9 cm³/mol. The van der Waals surface area contributed by atoms with Gasteiger partial charge in [-0.3, -0.25) is 4.79 Å². The Kier molecular flexibility index (Phi) is 11.8. The summed E-state index contributed by atoms with van der Waals surface area (Å²) in [6.07, 6.45) is 17.3. The molecule has 1 amide bonds. The zero-order valence-electron chi connectivity index (χ0n) is 11.1. The minimum atomic E-state index is -0.0145. The highest BCUT2D eigenvalue weighted by Crippen LogP contribution is 1.96. The van der Waals surface area contributed by atoms with Gasteiger partial charge < -0.3 is 5.32 Å². The van der Waals surface area contributed by atoms with E-state index >= 15 is 0 Å². The van der Waals surface area contributed by atoms with Crippen LogP contribution in [-0.4, -0.2) is 12.5 Å². The van der Waals surface area contributed by atoms with E-state index < -0.39 is 0 Å². The van der Waals surface area contributed by atoms with E-state index in [1.165, 1.54) is 12.8 Å². The summed E-state index contributed by atoms with van der Waals surface area (Å²) in [7, 11) is 0. The largest absolute Gasteiger partial charge is 0.353 e. The van der Waals surface area contributed by atoms with E-state index in [0.29, 0.717) is 0 Å². The lowest BCUT2D eigenvalue weighted by atomic mass is 10.2. The fourth-order valence-corrected chi connectivity index (χ4v) is 1.22. The average molecular weight is 235 g/mol. The summed E-state index contributed by atoms with van der Waals surface area (Å²) >= 11 is 0. The van der Waals surface area contributed by atoms with E-state index in [0.717, 1.165) is 25.8 Å². The highest BCUT2D eigenvalue weighted by atomic mass is 16.1. The van der Waals surface area contributed by atoms with Crippen LogP contribution in [0.1, 0.15) is 46.0 Å². The van der Waals surface area contributed by atoms with Crippen LogP contribution in [0.25, 0.3) is 0 Å². The molecule has 96 valence electrons. The van der Waals surface area contributed by atoms with E-state index in [-0.39, 0.29) is 5.91 Å². The van der Waals surface area contributed by atoms with Crippen LogP contribution in [0.2, 0.25) is 0 Å². The Morgan fingerprint density at radius 3 is 2.35 bits per heavy atom. The van der Waals surface area contributed by atoms with Crippen LogP contribution >= 0.6 is 0 Å². The van der Waals surface area contributed by atoms with Gasteiger partial charge in [0.1, 0.15) is 0 Å². The Bertz CT molecular complexity index is 264. The van der Waals surface area contributed by atoms with Crippen molar-refractivity contribution in [3.63, 3.8) is 0 Å². The van der Waals surface area contributed by atoms with Crippen LogP contribution < -0.4 is 5.32 Å². The fourth-order valence-electron chi connectivity index (χ4n) is 1.22. The molecular weight excluding hydrogens is 210 g/mol. The molecule has 0 atom stereocenters. The van der Waals surface area contributed by atoms with Crippen LogP contribution in [0.5, 0.6) is 0 Å². The number of unbranched alkanes of at least 4 members (excludes halogenated alkanes) is 2. The summed E-state index contributed by atoms with van der Waals surface area (Å²) in [5.41, 5.74) is 0. The van der Waals surface area contributed by atoms with Gasteiger partial charge in [-0.25, -0.2) is 0 Å². The molecule has 0 heterocycles. The summed E-state index contributed by atoms with van der Waals surface area (Å²) in [6.45, 7) is 4.96. The summed E-state index contributed by atoms with van der Waals surface area (Å²) in [5, 5.41) is 2.79. The van der Waals surface area contributed by atoms with Crippen molar-refractivity contribution >= 4 is 5.91 Å². The minimum absolute atomic E-state index is 0.0145. The number of hydrogen-bond donors (Lipinski definition) is 1. The number of amides is 1.